The number of halogens is 1. The van der Waals surface area contributed by atoms with Crippen molar-refractivity contribution in [2.75, 3.05) is 0 Å². The molecule has 1 aromatic heterocycles. The molecule has 5 heteroatoms. The van der Waals surface area contributed by atoms with E-state index in [-0.39, 0.29) is 6.71 Å². The number of hydrogen-bond acceptors (Lipinski definition) is 2. The molecule has 0 saturated heterocycles. The van der Waals surface area contributed by atoms with Crippen LogP contribution in [0.4, 0.5) is 0 Å². The summed E-state index contributed by atoms with van der Waals surface area (Å²) in [5.41, 5.74) is 12.4. The van der Waals surface area contributed by atoms with Crippen molar-refractivity contribution in [1.82, 2.24) is 4.57 Å². The van der Waals surface area contributed by atoms with E-state index in [9.17, 15) is 0 Å². The minimum Gasteiger partial charge on any atom is -0.313 e. The van der Waals surface area contributed by atoms with Gasteiger partial charge in [0.25, 0.3) is 0 Å². The Bertz CT molecular complexity index is 2030. The number of hydrogen-bond donors (Lipinski definition) is 0. The van der Waals surface area contributed by atoms with E-state index >= 15 is 0 Å². The van der Waals surface area contributed by atoms with E-state index in [2.05, 4.69) is 102 Å². The highest BCUT2D eigenvalue weighted by atomic mass is 35.5. The predicted molar refractivity (Wildman–Crippen MR) is 176 cm³/mol. The van der Waals surface area contributed by atoms with Gasteiger partial charge in [0, 0.05) is 41.4 Å². The molecule has 0 unspecified atom stereocenters. The van der Waals surface area contributed by atoms with Gasteiger partial charge in [0.15, 0.2) is 0 Å². The zero-order chi connectivity index (χ0) is 27.1. The Morgan fingerprint density at radius 3 is 2.17 bits per heavy atom. The third-order valence-electron chi connectivity index (χ3n) is 9.00. The van der Waals surface area contributed by atoms with Crippen LogP contribution in [-0.4, -0.2) is 11.3 Å². The van der Waals surface area contributed by atoms with Gasteiger partial charge in [-0.15, -0.1) is 0 Å². The molecule has 0 saturated carbocycles. The SMILES string of the molecule is Clc1ccc2c(c1)Sc1cccc3c1B2c1ccc(-c2ccc(-n4c5c(c6ccccc64)CCCC5)cc2)cc1S3. The Hall–Kier alpha value is -3.31. The first kappa shape index (κ1) is 24.3. The molecule has 0 N–H and O–H groups in total. The fourth-order valence-electron chi connectivity index (χ4n) is 7.17. The molecule has 0 fully saturated rings. The van der Waals surface area contributed by atoms with Crippen molar-refractivity contribution >= 4 is 69.1 Å². The van der Waals surface area contributed by atoms with Crippen molar-refractivity contribution in [2.24, 2.45) is 0 Å². The molecule has 3 heterocycles. The van der Waals surface area contributed by atoms with Crippen molar-refractivity contribution in [3.63, 3.8) is 0 Å². The highest BCUT2D eigenvalue weighted by Crippen LogP contribution is 2.40. The molecule has 0 atom stereocenters. The van der Waals surface area contributed by atoms with Crippen molar-refractivity contribution in [2.45, 2.75) is 45.3 Å². The molecule has 41 heavy (non-hydrogen) atoms. The molecule has 1 aliphatic carbocycles. The molecular formula is C36H25BClNS2. The minimum absolute atomic E-state index is 0.246. The molecule has 6 aromatic rings. The smallest absolute Gasteiger partial charge is 0.247 e. The zero-order valence-electron chi connectivity index (χ0n) is 22.4. The van der Waals surface area contributed by atoms with Crippen LogP contribution in [0.2, 0.25) is 5.02 Å². The lowest BCUT2D eigenvalue weighted by molar-refractivity contribution is 0.667. The summed E-state index contributed by atoms with van der Waals surface area (Å²) < 4.78 is 2.51. The topological polar surface area (TPSA) is 4.93 Å². The van der Waals surface area contributed by atoms with Crippen molar-refractivity contribution in [3.8, 4) is 16.8 Å². The summed E-state index contributed by atoms with van der Waals surface area (Å²) in [6, 6.07) is 38.3. The molecule has 0 radical (unpaired) electrons. The van der Waals surface area contributed by atoms with Gasteiger partial charge in [-0.25, -0.2) is 0 Å². The van der Waals surface area contributed by atoms with E-state index < -0.39 is 0 Å². The molecule has 196 valence electrons. The van der Waals surface area contributed by atoms with E-state index in [0.29, 0.717) is 0 Å². The van der Waals surface area contributed by atoms with Gasteiger partial charge >= 0.3 is 0 Å². The number of aromatic nitrogens is 1. The highest BCUT2D eigenvalue weighted by Gasteiger charge is 2.38. The molecule has 1 nitrogen and oxygen atoms in total. The Morgan fingerprint density at radius 2 is 1.34 bits per heavy atom. The Balaban J connectivity index is 1.12. The number of benzene rings is 5. The second kappa shape index (κ2) is 9.35. The minimum atomic E-state index is 0.246. The Morgan fingerprint density at radius 1 is 0.634 bits per heavy atom. The number of para-hydroxylation sites is 1. The van der Waals surface area contributed by atoms with Gasteiger partial charge in [-0.2, -0.15) is 0 Å². The molecule has 0 bridgehead atoms. The Kier molecular flexibility index (Phi) is 5.55. The highest BCUT2D eigenvalue weighted by molar-refractivity contribution is 8.01. The first-order chi connectivity index (χ1) is 20.2. The number of rotatable bonds is 2. The maximum Gasteiger partial charge on any atom is 0.247 e. The third-order valence-corrected chi connectivity index (χ3v) is 11.5. The average Bonchev–Trinajstić information content (AvgIpc) is 3.35. The lowest BCUT2D eigenvalue weighted by Crippen LogP contribution is -2.57. The van der Waals surface area contributed by atoms with Gasteiger partial charge in [0.05, 0.1) is 5.52 Å². The maximum atomic E-state index is 6.42. The monoisotopic (exact) mass is 581 g/mol. The summed E-state index contributed by atoms with van der Waals surface area (Å²) >= 11 is 10.2. The largest absolute Gasteiger partial charge is 0.313 e. The molecule has 0 amide bonds. The first-order valence-electron chi connectivity index (χ1n) is 14.4. The average molecular weight is 582 g/mol. The molecule has 3 aliphatic rings. The van der Waals surface area contributed by atoms with Crippen LogP contribution >= 0.6 is 35.1 Å². The van der Waals surface area contributed by atoms with E-state index in [1.807, 2.05) is 29.6 Å². The van der Waals surface area contributed by atoms with Crippen LogP contribution in [0.3, 0.4) is 0 Å². The van der Waals surface area contributed by atoms with Crippen molar-refractivity contribution in [3.05, 3.63) is 119 Å². The van der Waals surface area contributed by atoms with Crippen LogP contribution in [0, 0.1) is 0 Å². The van der Waals surface area contributed by atoms with Gasteiger partial charge in [0.2, 0.25) is 6.71 Å². The number of nitrogens with zero attached hydrogens (tertiary/aromatic N) is 1. The molecule has 5 aromatic carbocycles. The van der Waals surface area contributed by atoms with Crippen LogP contribution in [0.25, 0.3) is 27.7 Å². The predicted octanol–water partition coefficient (Wildman–Crippen LogP) is 8.28. The second-order valence-corrected chi connectivity index (χ2v) is 13.9. The molecule has 0 spiro atoms. The number of aryl methyl sites for hydroxylation is 1. The number of fused-ring (bicyclic) bond motifs is 7. The summed E-state index contributed by atoms with van der Waals surface area (Å²) in [6.45, 7) is 0.246. The van der Waals surface area contributed by atoms with Crippen LogP contribution < -0.4 is 16.4 Å². The fourth-order valence-corrected chi connectivity index (χ4v) is 9.89. The molecule has 9 rings (SSSR count). The van der Waals surface area contributed by atoms with Crippen molar-refractivity contribution < 1.29 is 0 Å². The summed E-state index contributed by atoms with van der Waals surface area (Å²) in [7, 11) is 0. The first-order valence-corrected chi connectivity index (χ1v) is 16.4. The molecule has 2 aliphatic heterocycles. The van der Waals surface area contributed by atoms with Crippen LogP contribution in [-0.2, 0) is 12.8 Å². The van der Waals surface area contributed by atoms with Crippen molar-refractivity contribution in [1.29, 1.82) is 0 Å². The standard InChI is InChI=1S/C36H25BClNS2/c38-24-15-19-29-35(21-24)41-33-11-5-10-32-36(33)37(29)28-18-14-23(20-34(28)40-32)22-12-16-25(17-13-22)39-30-8-3-1-6-26(30)27-7-2-4-9-31(27)39/h1,3,5-6,8,10-21H,2,4,7,9H2. The van der Waals surface area contributed by atoms with Crippen LogP contribution in [0.1, 0.15) is 24.1 Å². The summed E-state index contributed by atoms with van der Waals surface area (Å²) in [5.74, 6) is 0. The van der Waals surface area contributed by atoms with Crippen LogP contribution in [0.15, 0.2) is 123 Å². The summed E-state index contributed by atoms with van der Waals surface area (Å²) in [6.07, 6.45) is 4.92. The van der Waals surface area contributed by atoms with Gasteiger partial charge in [-0.1, -0.05) is 101 Å². The van der Waals surface area contributed by atoms with E-state index in [4.69, 9.17) is 11.6 Å². The van der Waals surface area contributed by atoms with Crippen LogP contribution in [0.5, 0.6) is 0 Å². The lowest BCUT2D eigenvalue weighted by atomic mass is 9.36. The molecular weight excluding hydrogens is 557 g/mol. The summed E-state index contributed by atoms with van der Waals surface area (Å²) in [5, 5.41) is 2.22. The van der Waals surface area contributed by atoms with Gasteiger partial charge in [-0.3, -0.25) is 0 Å². The van der Waals surface area contributed by atoms with Gasteiger partial charge in [0.1, 0.15) is 0 Å². The quantitative estimate of drug-likeness (QED) is 0.189. The van der Waals surface area contributed by atoms with E-state index in [1.54, 1.807) is 5.56 Å². The fraction of sp³-hybridized carbons (Fsp3) is 0.111. The van der Waals surface area contributed by atoms with Gasteiger partial charge in [-0.05, 0) is 96.4 Å². The lowest BCUT2D eigenvalue weighted by Gasteiger charge is -2.33. The Labute approximate surface area is 254 Å². The van der Waals surface area contributed by atoms with E-state index in [0.717, 1.165) is 11.4 Å². The maximum absolute atomic E-state index is 6.42. The van der Waals surface area contributed by atoms with E-state index in [1.165, 1.54) is 88.6 Å². The normalized spacial score (nSPS) is 14.8. The third kappa shape index (κ3) is 3.74. The second-order valence-electron chi connectivity index (χ2n) is 11.3. The summed E-state index contributed by atoms with van der Waals surface area (Å²) in [4.78, 5) is 5.33. The van der Waals surface area contributed by atoms with Gasteiger partial charge < -0.3 is 4.57 Å². The zero-order valence-corrected chi connectivity index (χ0v) is 24.8.